The number of fused-ring (bicyclic) bond motifs is 2. The summed E-state index contributed by atoms with van der Waals surface area (Å²) in [7, 11) is 0. The van der Waals surface area contributed by atoms with Crippen molar-refractivity contribution < 1.29 is 31.9 Å². The molecule has 0 saturated heterocycles. The minimum absolute atomic E-state index is 0. The summed E-state index contributed by atoms with van der Waals surface area (Å²) >= 11 is 0. The third-order valence-corrected chi connectivity index (χ3v) is 7.53. The monoisotopic (exact) mass is 498 g/mol. The third kappa shape index (κ3) is 6.37. The Morgan fingerprint density at radius 1 is 0.514 bits per heavy atom. The number of aromatic hydroxyl groups is 2. The first-order valence-electron chi connectivity index (χ1n) is 12.8. The summed E-state index contributed by atoms with van der Waals surface area (Å²) in [5.41, 5.74) is 1.29. The molecule has 4 saturated carbocycles. The second kappa shape index (κ2) is 12.8. The molecule has 2 N–H and O–H groups in total. The van der Waals surface area contributed by atoms with Crippen molar-refractivity contribution in [3.05, 3.63) is 110 Å². The van der Waals surface area contributed by atoms with Gasteiger partial charge in [-0.1, -0.05) is 62.1 Å². The Balaban J connectivity index is 0.000000171. The van der Waals surface area contributed by atoms with Gasteiger partial charge in [-0.15, -0.1) is 0 Å². The van der Waals surface area contributed by atoms with Crippen LogP contribution in [0.15, 0.2) is 48.5 Å². The van der Waals surface area contributed by atoms with Gasteiger partial charge in [-0.3, -0.25) is 0 Å². The van der Waals surface area contributed by atoms with Gasteiger partial charge in [0.15, 0.2) is 0 Å². The van der Waals surface area contributed by atoms with Crippen molar-refractivity contribution in [2.75, 3.05) is 0 Å². The van der Waals surface area contributed by atoms with Crippen LogP contribution in [0, 0.1) is 61.2 Å². The first-order valence-corrected chi connectivity index (χ1v) is 12.8. The van der Waals surface area contributed by atoms with E-state index in [9.17, 15) is 10.2 Å². The molecule has 0 aliphatic heterocycles. The second-order valence-electron chi connectivity index (χ2n) is 9.67. The van der Waals surface area contributed by atoms with Gasteiger partial charge in [0.25, 0.3) is 0 Å². The van der Waals surface area contributed by atoms with Crippen LogP contribution < -0.4 is 0 Å². The van der Waals surface area contributed by atoms with E-state index >= 15 is 0 Å². The van der Waals surface area contributed by atoms with E-state index in [2.05, 4.69) is 25.7 Å². The Bertz CT molecular complexity index is 852. The molecule has 35 heavy (non-hydrogen) atoms. The summed E-state index contributed by atoms with van der Waals surface area (Å²) in [6.07, 6.45) is 23.0. The predicted octanol–water partition coefficient (Wildman–Crippen LogP) is 7.97. The molecule has 3 heteroatoms. The summed E-state index contributed by atoms with van der Waals surface area (Å²) < 4.78 is 0. The smallest absolute Gasteiger partial charge is 0.507 e. The third-order valence-electron chi connectivity index (χ3n) is 7.53. The summed E-state index contributed by atoms with van der Waals surface area (Å²) in [6.45, 7) is 0. The summed E-state index contributed by atoms with van der Waals surface area (Å²) in [5.74, 6) is 10.3. The minimum Gasteiger partial charge on any atom is -0.507 e. The van der Waals surface area contributed by atoms with Crippen LogP contribution in [0.3, 0.4) is 0 Å². The van der Waals surface area contributed by atoms with Crippen molar-refractivity contribution in [2.45, 2.75) is 64.2 Å². The van der Waals surface area contributed by atoms with Gasteiger partial charge >= 0.3 is 21.7 Å². The standard InChI is InChI=1S/C20H24.C12H10O2.Ti/c1-3-7-19-15(5-1)9-11-17(19)13-14-18-12-10-16-6-2-4-8-20(16)18;13-11-7-3-1-5-9(11)10-6-2-4-8-12(10)14;/h9-12H,1-8,13-14H2;1-8,13-14H;/q;;+2. The van der Waals surface area contributed by atoms with Crippen LogP contribution in [0.5, 0.6) is 11.5 Å². The Labute approximate surface area is 227 Å². The van der Waals surface area contributed by atoms with E-state index in [1.54, 1.807) is 71.9 Å². The molecule has 0 bridgehead atoms. The topological polar surface area (TPSA) is 40.5 Å². The van der Waals surface area contributed by atoms with E-state index in [4.69, 9.17) is 0 Å². The van der Waals surface area contributed by atoms with E-state index in [0.717, 1.165) is 0 Å². The molecule has 176 valence electrons. The van der Waals surface area contributed by atoms with Gasteiger partial charge in [-0.05, 0) is 112 Å². The number of hydrogen-bond donors (Lipinski definition) is 2. The molecule has 2 nitrogen and oxygen atoms in total. The zero-order valence-corrected chi connectivity index (χ0v) is 22.0. The van der Waals surface area contributed by atoms with Crippen LogP contribution >= 0.6 is 0 Å². The van der Waals surface area contributed by atoms with Crippen molar-refractivity contribution in [3.63, 3.8) is 0 Å². The van der Waals surface area contributed by atoms with E-state index < -0.39 is 0 Å². The van der Waals surface area contributed by atoms with E-state index in [1.807, 2.05) is 12.1 Å². The number of rotatable bonds is 4. The number of phenolic OH excluding ortho intramolecular Hbond substituents is 2. The molecule has 0 aromatic heterocycles. The average molecular weight is 498 g/mol. The zero-order chi connectivity index (χ0) is 23.3. The molecule has 0 amide bonds. The zero-order valence-electron chi connectivity index (χ0n) is 20.4. The molecule has 2 aromatic carbocycles. The summed E-state index contributed by atoms with van der Waals surface area (Å²) in [6, 6.07) is 13.9. The van der Waals surface area contributed by atoms with Gasteiger partial charge in [-0.2, -0.15) is 0 Å². The fourth-order valence-corrected chi connectivity index (χ4v) is 5.70. The Morgan fingerprint density at radius 2 is 0.914 bits per heavy atom. The molecule has 4 aliphatic carbocycles. The Hall–Kier alpha value is -1.25. The van der Waals surface area contributed by atoms with Crippen LogP contribution in [-0.4, -0.2) is 10.2 Å². The molecule has 0 heterocycles. The maximum absolute atomic E-state index is 9.58. The normalized spacial score (nSPS) is 22.2. The largest absolute Gasteiger partial charge is 2.00 e. The molecule has 2 aromatic rings. The molecule has 0 spiro atoms. The van der Waals surface area contributed by atoms with Gasteiger partial charge in [0.05, 0.1) is 0 Å². The predicted molar refractivity (Wildman–Crippen MR) is 138 cm³/mol. The summed E-state index contributed by atoms with van der Waals surface area (Å²) in [5, 5.41) is 19.2. The van der Waals surface area contributed by atoms with Crippen LogP contribution in [0.4, 0.5) is 0 Å². The molecule has 0 atom stereocenters. The Kier molecular flexibility index (Phi) is 9.82. The first kappa shape index (κ1) is 26.8. The van der Waals surface area contributed by atoms with Gasteiger partial charge in [0.2, 0.25) is 0 Å². The maximum atomic E-state index is 9.58. The van der Waals surface area contributed by atoms with Crippen molar-refractivity contribution in [2.24, 2.45) is 0 Å². The van der Waals surface area contributed by atoms with Crippen LogP contribution in [-0.2, 0) is 21.7 Å². The van der Waals surface area contributed by atoms with Gasteiger partial charge in [-0.25, -0.2) is 0 Å². The summed E-state index contributed by atoms with van der Waals surface area (Å²) in [4.78, 5) is 0. The minimum atomic E-state index is 0. The average Bonchev–Trinajstić information content (AvgIpc) is 3.48. The molecular formula is C32H34O2Ti+2. The van der Waals surface area contributed by atoms with Gasteiger partial charge in [0.1, 0.15) is 11.5 Å². The quantitative estimate of drug-likeness (QED) is 0.420. The number of hydrogen-bond acceptors (Lipinski definition) is 2. The molecule has 4 fully saturated rings. The van der Waals surface area contributed by atoms with Gasteiger partial charge < -0.3 is 10.2 Å². The van der Waals surface area contributed by atoms with Crippen molar-refractivity contribution in [1.82, 2.24) is 0 Å². The van der Waals surface area contributed by atoms with Crippen LogP contribution in [0.25, 0.3) is 11.1 Å². The molecule has 4 aliphatic rings. The van der Waals surface area contributed by atoms with Crippen LogP contribution in [0.2, 0.25) is 0 Å². The maximum Gasteiger partial charge on any atom is 2.00 e. The fraction of sp³-hybridized carbons (Fsp3) is 0.312. The van der Waals surface area contributed by atoms with E-state index in [-0.39, 0.29) is 33.2 Å². The fourth-order valence-electron chi connectivity index (χ4n) is 5.70. The van der Waals surface area contributed by atoms with Gasteiger partial charge in [0, 0.05) is 11.1 Å². The second-order valence-corrected chi connectivity index (χ2v) is 9.67. The molecule has 0 unspecified atom stereocenters. The van der Waals surface area contributed by atoms with Crippen molar-refractivity contribution >= 4 is 0 Å². The SMILES string of the molecule is Oc1ccccc1-c1ccccc1O.[CH]1[CH][C](CC[C]2[CH][CH][C]3CCCC[C]32)[C]2CCCC[C]12.[Ti+2]. The number of benzene rings is 2. The first-order chi connectivity index (χ1) is 16.7. The van der Waals surface area contributed by atoms with Crippen molar-refractivity contribution in [1.29, 1.82) is 0 Å². The number of phenols is 2. The molecule has 6 rings (SSSR count). The van der Waals surface area contributed by atoms with Crippen LogP contribution in [0.1, 0.15) is 64.2 Å². The Morgan fingerprint density at radius 3 is 1.34 bits per heavy atom. The van der Waals surface area contributed by atoms with E-state index in [0.29, 0.717) is 11.1 Å². The molecular weight excluding hydrogens is 464 g/mol. The number of para-hydroxylation sites is 2. The van der Waals surface area contributed by atoms with E-state index in [1.165, 1.54) is 64.2 Å². The molecule has 10 radical (unpaired) electrons. The van der Waals surface area contributed by atoms with Crippen molar-refractivity contribution in [3.8, 4) is 22.6 Å².